The summed E-state index contributed by atoms with van der Waals surface area (Å²) < 4.78 is 0. The van der Waals surface area contributed by atoms with Crippen LogP contribution in [0.2, 0.25) is 0 Å². The summed E-state index contributed by atoms with van der Waals surface area (Å²) >= 11 is 0. The molecule has 1 atom stereocenters. The largest absolute Gasteiger partial charge is 0.358 e. The molecule has 3 heterocycles. The van der Waals surface area contributed by atoms with Gasteiger partial charge in [-0.05, 0) is 158 Å². The zero-order chi connectivity index (χ0) is 43.8. The Morgan fingerprint density at radius 2 is 0.625 bits per heavy atom. The normalized spacial score (nSPS) is 14.0. The number of allylic oxidation sites excluding steroid dienone is 4. The molecule has 7 nitrogen and oxygen atoms in total. The summed E-state index contributed by atoms with van der Waals surface area (Å²) in [5.41, 5.74) is 19.6. The number of nitrogens with one attached hydrogen (secondary N) is 3. The first-order chi connectivity index (χ1) is 31.3. The van der Waals surface area contributed by atoms with E-state index in [1.807, 2.05) is 63.8 Å². The zero-order valence-corrected chi connectivity index (χ0v) is 36.6. The van der Waals surface area contributed by atoms with Crippen LogP contribution in [0.3, 0.4) is 0 Å². The average molecular weight is 834 g/mol. The molecule has 5 aromatic carbocycles. The number of H-pyrrole nitrogens is 3. The second-order valence-electron chi connectivity index (χ2n) is 16.7. The van der Waals surface area contributed by atoms with Crippen molar-refractivity contribution in [3.63, 3.8) is 0 Å². The van der Waals surface area contributed by atoms with Crippen molar-refractivity contribution in [2.75, 3.05) is 0 Å². The van der Waals surface area contributed by atoms with Crippen LogP contribution in [0.15, 0.2) is 201 Å². The average Bonchev–Trinajstić information content (AvgIpc) is 4.15. The van der Waals surface area contributed by atoms with Crippen molar-refractivity contribution in [2.45, 2.75) is 46.0 Å². The first kappa shape index (κ1) is 41.5. The van der Waals surface area contributed by atoms with Crippen LogP contribution < -0.4 is 0 Å². The smallest absolute Gasteiger partial charge is 0.0630 e. The van der Waals surface area contributed by atoms with Crippen LogP contribution in [0.1, 0.15) is 92.7 Å². The number of aromatic nitrogens is 3. The fourth-order valence-corrected chi connectivity index (χ4v) is 8.22. The number of aliphatic imine (C=N–C) groups is 4. The standard InChI is InChI=1S/C57H51N7/c1-38-5-9-42(33-38)34-58-49-25-14-45(15-26-49)56(46-16-27-50(28-17-46)59-35-53-22-6-39(2)62-53)43-10-12-44(13-11-43)57(47-18-29-51(30-19-47)60-36-54-23-7-40(3)63-54)48-20-31-52(32-21-48)61-37-55-24-8-41(4)64-55/h5-32,34-37,56-57,62-64H,33H2,1-4H3. The minimum Gasteiger partial charge on any atom is -0.358 e. The van der Waals surface area contributed by atoms with E-state index in [9.17, 15) is 0 Å². The highest BCUT2D eigenvalue weighted by Crippen LogP contribution is 2.38. The Kier molecular flexibility index (Phi) is 12.3. The molecule has 0 spiro atoms. The van der Waals surface area contributed by atoms with E-state index in [0.29, 0.717) is 0 Å². The Morgan fingerprint density at radius 3 is 0.875 bits per heavy atom. The SMILES string of the molecule is CC1=CC=C(C=Nc2ccc(C(c3ccc(N=Cc4ccc(C)[nH]4)cc3)c3ccc(C(c4ccc(N=Cc5ccc(C)[nH]5)cc4)c4ccc(N=Cc5ccc(C)[nH]5)cc4)cc3)cc2)C1. The molecule has 1 aliphatic carbocycles. The molecule has 1 aliphatic rings. The summed E-state index contributed by atoms with van der Waals surface area (Å²) in [6.07, 6.45) is 12.9. The van der Waals surface area contributed by atoms with Gasteiger partial charge in [-0.3, -0.25) is 20.0 Å². The van der Waals surface area contributed by atoms with E-state index in [1.165, 1.54) is 44.5 Å². The molecular formula is C57H51N7. The minimum atomic E-state index is -0.0209. The molecule has 1 unspecified atom stereocenters. The summed E-state index contributed by atoms with van der Waals surface area (Å²) in [5, 5.41) is 0. The molecule has 314 valence electrons. The maximum Gasteiger partial charge on any atom is 0.0630 e. The third-order valence-electron chi connectivity index (χ3n) is 11.6. The molecule has 3 N–H and O–H groups in total. The van der Waals surface area contributed by atoms with Gasteiger partial charge in [-0.15, -0.1) is 0 Å². The molecule has 0 amide bonds. The van der Waals surface area contributed by atoms with Crippen LogP contribution in [0, 0.1) is 20.8 Å². The highest BCUT2D eigenvalue weighted by molar-refractivity contribution is 5.83. The number of aryl methyl sites for hydroxylation is 3. The van der Waals surface area contributed by atoms with Gasteiger partial charge >= 0.3 is 0 Å². The van der Waals surface area contributed by atoms with E-state index >= 15 is 0 Å². The van der Waals surface area contributed by atoms with E-state index in [0.717, 1.165) is 63.3 Å². The van der Waals surface area contributed by atoms with E-state index in [1.54, 1.807) is 0 Å². The topological polar surface area (TPSA) is 96.8 Å². The molecule has 3 aromatic heterocycles. The molecule has 64 heavy (non-hydrogen) atoms. The van der Waals surface area contributed by atoms with Crippen LogP contribution in [0.5, 0.6) is 0 Å². The fraction of sp³-hybridized carbons (Fsp3) is 0.123. The van der Waals surface area contributed by atoms with Gasteiger partial charge in [0.25, 0.3) is 0 Å². The van der Waals surface area contributed by atoms with Gasteiger partial charge in [0.2, 0.25) is 0 Å². The number of hydrogen-bond donors (Lipinski definition) is 3. The van der Waals surface area contributed by atoms with Crippen LogP contribution in [-0.2, 0) is 0 Å². The van der Waals surface area contributed by atoms with Crippen LogP contribution in [-0.4, -0.2) is 39.8 Å². The second-order valence-corrected chi connectivity index (χ2v) is 16.7. The van der Waals surface area contributed by atoms with Gasteiger partial charge in [0, 0.05) is 35.1 Å². The summed E-state index contributed by atoms with van der Waals surface area (Å²) in [5.74, 6) is -0.0346. The Balaban J connectivity index is 1.04. The number of aromatic amines is 3. The van der Waals surface area contributed by atoms with E-state index < -0.39 is 0 Å². The highest BCUT2D eigenvalue weighted by Gasteiger charge is 2.21. The first-order valence-electron chi connectivity index (χ1n) is 21.8. The molecule has 9 rings (SSSR count). The van der Waals surface area contributed by atoms with Crippen LogP contribution >= 0.6 is 0 Å². The van der Waals surface area contributed by atoms with Gasteiger partial charge in [-0.2, -0.15) is 0 Å². The molecular weight excluding hydrogens is 783 g/mol. The lowest BCUT2D eigenvalue weighted by atomic mass is 9.81. The third kappa shape index (κ3) is 10.2. The quantitative estimate of drug-likeness (QED) is 0.0719. The maximum atomic E-state index is 4.81. The molecule has 0 radical (unpaired) electrons. The zero-order valence-electron chi connectivity index (χ0n) is 36.6. The van der Waals surface area contributed by atoms with Crippen molar-refractivity contribution in [1.82, 2.24) is 15.0 Å². The lowest BCUT2D eigenvalue weighted by molar-refractivity contribution is 0.951. The molecule has 0 bridgehead atoms. The van der Waals surface area contributed by atoms with Crippen molar-refractivity contribution in [3.05, 3.63) is 249 Å². The van der Waals surface area contributed by atoms with Crippen molar-refractivity contribution in [1.29, 1.82) is 0 Å². The summed E-state index contributed by atoms with van der Waals surface area (Å²) in [4.78, 5) is 29.1. The fourth-order valence-electron chi connectivity index (χ4n) is 8.22. The van der Waals surface area contributed by atoms with E-state index in [-0.39, 0.29) is 11.8 Å². The minimum absolute atomic E-state index is 0.0137. The lowest BCUT2D eigenvalue weighted by Gasteiger charge is -2.22. The molecule has 7 heteroatoms. The summed E-state index contributed by atoms with van der Waals surface area (Å²) in [6.45, 7) is 8.29. The van der Waals surface area contributed by atoms with Gasteiger partial charge in [-0.1, -0.05) is 90.5 Å². The van der Waals surface area contributed by atoms with Crippen LogP contribution in [0.25, 0.3) is 0 Å². The first-order valence-corrected chi connectivity index (χ1v) is 21.8. The Hall–Kier alpha value is -7.90. The monoisotopic (exact) mass is 833 g/mol. The number of hydrogen-bond acceptors (Lipinski definition) is 4. The summed E-state index contributed by atoms with van der Waals surface area (Å²) in [6, 6.07) is 55.9. The molecule has 0 saturated carbocycles. The lowest BCUT2D eigenvalue weighted by Crippen LogP contribution is -2.06. The van der Waals surface area contributed by atoms with Crippen molar-refractivity contribution in [3.8, 4) is 0 Å². The third-order valence-corrected chi connectivity index (χ3v) is 11.6. The van der Waals surface area contributed by atoms with Crippen molar-refractivity contribution in [2.24, 2.45) is 20.0 Å². The van der Waals surface area contributed by atoms with Gasteiger partial charge in [0.05, 0.1) is 58.5 Å². The van der Waals surface area contributed by atoms with Crippen molar-refractivity contribution < 1.29 is 0 Å². The second kappa shape index (κ2) is 19.0. The van der Waals surface area contributed by atoms with Gasteiger partial charge < -0.3 is 15.0 Å². The molecule has 0 saturated heterocycles. The number of rotatable bonds is 14. The maximum absolute atomic E-state index is 4.81. The Bertz CT molecular complexity index is 2930. The highest BCUT2D eigenvalue weighted by atomic mass is 14.8. The molecule has 0 aliphatic heterocycles. The number of nitrogens with zero attached hydrogens (tertiary/aromatic N) is 4. The van der Waals surface area contributed by atoms with Gasteiger partial charge in [0.1, 0.15) is 0 Å². The molecule has 0 fully saturated rings. The van der Waals surface area contributed by atoms with Gasteiger partial charge in [0.15, 0.2) is 0 Å². The molecule has 8 aromatic rings. The van der Waals surface area contributed by atoms with Gasteiger partial charge in [-0.25, -0.2) is 0 Å². The van der Waals surface area contributed by atoms with E-state index in [4.69, 9.17) is 20.0 Å². The van der Waals surface area contributed by atoms with E-state index in [2.05, 4.69) is 174 Å². The Labute approximate surface area is 375 Å². The summed E-state index contributed by atoms with van der Waals surface area (Å²) in [7, 11) is 0. The predicted octanol–water partition coefficient (Wildman–Crippen LogP) is 14.2. The Morgan fingerprint density at radius 1 is 0.344 bits per heavy atom. The predicted molar refractivity (Wildman–Crippen MR) is 267 cm³/mol. The van der Waals surface area contributed by atoms with Crippen molar-refractivity contribution >= 4 is 47.6 Å². The number of benzene rings is 5. The van der Waals surface area contributed by atoms with Crippen LogP contribution in [0.4, 0.5) is 22.7 Å².